The summed E-state index contributed by atoms with van der Waals surface area (Å²) in [5.74, 6) is 0. The van der Waals surface area contributed by atoms with Crippen LogP contribution in [0.2, 0.25) is 0 Å². The van der Waals surface area contributed by atoms with E-state index < -0.39 is 0 Å². The molecule has 0 saturated carbocycles. The standard InChI is InChI=1S/C11H19OP/c1-7-8(2)10(4)11(5,9(7)3)13-12-6/h13H,1-6H3. The highest BCUT2D eigenvalue weighted by Crippen LogP contribution is 2.51. The number of allylic oxidation sites excluding steroid dienone is 4. The van der Waals surface area contributed by atoms with Gasteiger partial charge in [0, 0.05) is 15.9 Å². The third-order valence-electron chi connectivity index (χ3n) is 3.49. The highest BCUT2D eigenvalue weighted by Gasteiger charge is 2.36. The Morgan fingerprint density at radius 1 is 1.00 bits per heavy atom. The van der Waals surface area contributed by atoms with Gasteiger partial charge in [0.2, 0.25) is 0 Å². The van der Waals surface area contributed by atoms with Crippen LogP contribution >= 0.6 is 8.81 Å². The third-order valence-corrected chi connectivity index (χ3v) is 4.86. The number of hydrogen-bond donors (Lipinski definition) is 0. The molecule has 0 saturated heterocycles. The predicted molar refractivity (Wildman–Crippen MR) is 60.5 cm³/mol. The molecule has 1 rings (SSSR count). The molecule has 0 spiro atoms. The van der Waals surface area contributed by atoms with E-state index in [1.54, 1.807) is 7.11 Å². The summed E-state index contributed by atoms with van der Waals surface area (Å²) < 4.78 is 5.33. The molecule has 0 radical (unpaired) electrons. The topological polar surface area (TPSA) is 9.23 Å². The molecule has 0 aliphatic heterocycles. The lowest BCUT2D eigenvalue weighted by Gasteiger charge is -2.27. The largest absolute Gasteiger partial charge is 0.364 e. The van der Waals surface area contributed by atoms with Crippen molar-refractivity contribution in [2.45, 2.75) is 39.8 Å². The molecule has 1 aliphatic carbocycles. The van der Waals surface area contributed by atoms with Gasteiger partial charge in [-0.25, -0.2) is 0 Å². The Hall–Kier alpha value is -0.130. The van der Waals surface area contributed by atoms with Gasteiger partial charge in [0.25, 0.3) is 0 Å². The number of hydrogen-bond acceptors (Lipinski definition) is 1. The van der Waals surface area contributed by atoms with E-state index in [0.29, 0.717) is 8.81 Å². The zero-order valence-corrected chi connectivity index (χ0v) is 10.4. The summed E-state index contributed by atoms with van der Waals surface area (Å²) >= 11 is 0. The maximum atomic E-state index is 5.33. The average molecular weight is 198 g/mol. The van der Waals surface area contributed by atoms with Crippen molar-refractivity contribution in [2.75, 3.05) is 7.11 Å². The molecule has 13 heavy (non-hydrogen) atoms. The molecule has 1 atom stereocenters. The maximum absolute atomic E-state index is 5.33. The first kappa shape index (κ1) is 10.9. The molecule has 0 heterocycles. The first-order valence-electron chi connectivity index (χ1n) is 4.61. The lowest BCUT2D eigenvalue weighted by Crippen LogP contribution is -2.19. The van der Waals surface area contributed by atoms with E-state index in [0.717, 1.165) is 0 Å². The second-order valence-corrected chi connectivity index (χ2v) is 5.54. The molecule has 0 amide bonds. The van der Waals surface area contributed by atoms with Gasteiger partial charge in [-0.05, 0) is 45.8 Å². The molecule has 0 fully saturated rings. The van der Waals surface area contributed by atoms with Crippen molar-refractivity contribution < 1.29 is 4.52 Å². The Labute approximate surface area is 83.1 Å². The smallest absolute Gasteiger partial charge is 0.0515 e. The summed E-state index contributed by atoms with van der Waals surface area (Å²) in [5, 5.41) is 0.170. The summed E-state index contributed by atoms with van der Waals surface area (Å²) in [6.07, 6.45) is 0. The summed E-state index contributed by atoms with van der Waals surface area (Å²) in [6, 6.07) is 0. The minimum Gasteiger partial charge on any atom is -0.364 e. The average Bonchev–Trinajstić information content (AvgIpc) is 2.23. The molecule has 1 unspecified atom stereocenters. The van der Waals surface area contributed by atoms with Crippen molar-refractivity contribution in [3.8, 4) is 0 Å². The fourth-order valence-electron chi connectivity index (χ4n) is 1.95. The van der Waals surface area contributed by atoms with Crippen molar-refractivity contribution in [1.82, 2.24) is 0 Å². The molecular weight excluding hydrogens is 179 g/mol. The second-order valence-electron chi connectivity index (χ2n) is 3.93. The molecule has 0 aromatic rings. The molecule has 0 bridgehead atoms. The summed E-state index contributed by atoms with van der Waals surface area (Å²) in [7, 11) is 2.32. The lowest BCUT2D eigenvalue weighted by atomic mass is 9.98. The van der Waals surface area contributed by atoms with Crippen LogP contribution in [0.25, 0.3) is 0 Å². The van der Waals surface area contributed by atoms with Crippen molar-refractivity contribution in [3.63, 3.8) is 0 Å². The predicted octanol–water partition coefficient (Wildman–Crippen LogP) is 3.67. The molecule has 1 aliphatic rings. The Kier molecular flexibility index (Phi) is 2.99. The molecule has 74 valence electrons. The first-order valence-corrected chi connectivity index (χ1v) is 5.52. The zero-order chi connectivity index (χ0) is 10.2. The molecule has 0 aromatic heterocycles. The van der Waals surface area contributed by atoms with Crippen LogP contribution < -0.4 is 0 Å². The van der Waals surface area contributed by atoms with E-state index in [1.165, 1.54) is 22.3 Å². The molecule has 0 aromatic carbocycles. The normalized spacial score (nSPS) is 22.6. The summed E-state index contributed by atoms with van der Waals surface area (Å²) in [6.45, 7) is 11.1. The van der Waals surface area contributed by atoms with E-state index >= 15 is 0 Å². The van der Waals surface area contributed by atoms with Gasteiger partial charge in [0.05, 0.1) is 5.16 Å². The van der Waals surface area contributed by atoms with Gasteiger partial charge in [-0.1, -0.05) is 11.1 Å². The number of rotatable bonds is 2. The zero-order valence-electron chi connectivity index (χ0n) is 9.41. The molecule has 1 nitrogen and oxygen atoms in total. The minimum absolute atomic E-state index is 0.170. The highest BCUT2D eigenvalue weighted by atomic mass is 31.1. The second kappa shape index (κ2) is 3.55. The van der Waals surface area contributed by atoms with Gasteiger partial charge in [0.15, 0.2) is 0 Å². The van der Waals surface area contributed by atoms with Crippen molar-refractivity contribution >= 4 is 8.81 Å². The van der Waals surface area contributed by atoms with Gasteiger partial charge in [-0.15, -0.1) is 0 Å². The summed E-state index contributed by atoms with van der Waals surface area (Å²) in [4.78, 5) is 0. The van der Waals surface area contributed by atoms with Crippen molar-refractivity contribution in [1.29, 1.82) is 0 Å². The maximum Gasteiger partial charge on any atom is 0.0515 e. The van der Waals surface area contributed by atoms with Crippen LogP contribution in [-0.2, 0) is 4.52 Å². The van der Waals surface area contributed by atoms with Crippen molar-refractivity contribution in [3.05, 3.63) is 22.3 Å². The van der Waals surface area contributed by atoms with Crippen LogP contribution in [-0.4, -0.2) is 12.3 Å². The Balaban J connectivity index is 3.14. The highest BCUT2D eigenvalue weighted by molar-refractivity contribution is 7.35. The van der Waals surface area contributed by atoms with Gasteiger partial charge in [0.1, 0.15) is 0 Å². The van der Waals surface area contributed by atoms with Crippen LogP contribution in [0, 0.1) is 0 Å². The SMILES string of the molecule is COPC1(C)C(C)=C(C)C(C)=C1C. The van der Waals surface area contributed by atoms with E-state index in [9.17, 15) is 0 Å². The minimum atomic E-state index is 0.170. The van der Waals surface area contributed by atoms with Crippen LogP contribution in [0.5, 0.6) is 0 Å². The van der Waals surface area contributed by atoms with E-state index in [2.05, 4.69) is 34.6 Å². The Bertz CT molecular complexity index is 262. The lowest BCUT2D eigenvalue weighted by molar-refractivity contribution is 0.463. The third kappa shape index (κ3) is 1.49. The van der Waals surface area contributed by atoms with Crippen LogP contribution in [0.1, 0.15) is 34.6 Å². The Morgan fingerprint density at radius 3 is 1.69 bits per heavy atom. The van der Waals surface area contributed by atoms with E-state index in [-0.39, 0.29) is 5.16 Å². The van der Waals surface area contributed by atoms with Crippen LogP contribution in [0.4, 0.5) is 0 Å². The van der Waals surface area contributed by atoms with Gasteiger partial charge >= 0.3 is 0 Å². The molecule has 0 N–H and O–H groups in total. The molecular formula is C11H19OP. The summed E-state index contributed by atoms with van der Waals surface area (Å²) in [5.41, 5.74) is 5.85. The van der Waals surface area contributed by atoms with Crippen molar-refractivity contribution in [2.24, 2.45) is 0 Å². The van der Waals surface area contributed by atoms with Gasteiger partial charge in [-0.2, -0.15) is 0 Å². The van der Waals surface area contributed by atoms with Crippen LogP contribution in [0.15, 0.2) is 22.3 Å². The molecule has 2 heteroatoms. The fourth-order valence-corrected chi connectivity index (χ4v) is 3.04. The Morgan fingerprint density at radius 2 is 1.38 bits per heavy atom. The first-order chi connectivity index (χ1) is 5.95. The monoisotopic (exact) mass is 198 g/mol. The van der Waals surface area contributed by atoms with Gasteiger partial charge < -0.3 is 4.52 Å². The quantitative estimate of drug-likeness (QED) is 0.615. The van der Waals surface area contributed by atoms with Crippen LogP contribution in [0.3, 0.4) is 0 Å². The van der Waals surface area contributed by atoms with E-state index in [4.69, 9.17) is 4.52 Å². The fraction of sp³-hybridized carbons (Fsp3) is 0.636. The van der Waals surface area contributed by atoms with Gasteiger partial charge in [-0.3, -0.25) is 0 Å². The van der Waals surface area contributed by atoms with E-state index in [1.807, 2.05) is 0 Å².